The van der Waals surface area contributed by atoms with Gasteiger partial charge in [0.05, 0.1) is 11.9 Å². The molecule has 1 fully saturated rings. The Labute approximate surface area is 113 Å². The predicted molar refractivity (Wildman–Crippen MR) is 77.6 cm³/mol. The van der Waals surface area contributed by atoms with Gasteiger partial charge in [-0.25, -0.2) is 0 Å². The summed E-state index contributed by atoms with van der Waals surface area (Å²) < 4.78 is 5.76. The number of aryl methyl sites for hydroxylation is 1. The van der Waals surface area contributed by atoms with Gasteiger partial charge in [0.15, 0.2) is 0 Å². The van der Waals surface area contributed by atoms with Gasteiger partial charge >= 0.3 is 0 Å². The van der Waals surface area contributed by atoms with Crippen molar-refractivity contribution in [2.24, 2.45) is 11.0 Å². The fraction of sp³-hybridized carbons (Fsp3) is 0.312. The van der Waals surface area contributed by atoms with E-state index in [-0.39, 0.29) is 0 Å². The van der Waals surface area contributed by atoms with Crippen molar-refractivity contribution in [2.45, 2.75) is 26.2 Å². The summed E-state index contributed by atoms with van der Waals surface area (Å²) in [5.41, 5.74) is 5.22. The molecule has 1 aliphatic carbocycles. The van der Waals surface area contributed by atoms with Crippen LogP contribution in [0.4, 0.5) is 5.69 Å². The van der Waals surface area contributed by atoms with Crippen LogP contribution >= 0.6 is 0 Å². The smallest absolute Gasteiger partial charge is 0.147 e. The lowest BCUT2D eigenvalue weighted by atomic mass is 10.2. The van der Waals surface area contributed by atoms with Gasteiger partial charge in [0.25, 0.3) is 0 Å². The minimum Gasteiger partial charge on any atom is -0.460 e. The Kier molecular flexibility index (Phi) is 3.11. The van der Waals surface area contributed by atoms with Crippen LogP contribution in [0.25, 0.3) is 0 Å². The van der Waals surface area contributed by atoms with Crippen molar-refractivity contribution < 1.29 is 4.42 Å². The molecule has 1 aliphatic rings. The fourth-order valence-electron chi connectivity index (χ4n) is 2.22. The first-order valence-corrected chi connectivity index (χ1v) is 6.68. The number of hydrogen-bond donors (Lipinski definition) is 1. The summed E-state index contributed by atoms with van der Waals surface area (Å²) in [6, 6.07) is 12.1. The normalized spacial score (nSPS) is 21.8. The van der Waals surface area contributed by atoms with Gasteiger partial charge in [-0.05, 0) is 43.0 Å². The highest BCUT2D eigenvalue weighted by atomic mass is 16.3. The Balaban J connectivity index is 1.63. The molecule has 0 saturated heterocycles. The molecule has 1 saturated carbocycles. The number of hydrogen-bond acceptors (Lipinski definition) is 3. The Morgan fingerprint density at radius 3 is 2.79 bits per heavy atom. The molecule has 1 aromatic carbocycles. The molecule has 0 bridgehead atoms. The first-order valence-electron chi connectivity index (χ1n) is 6.68. The molecule has 0 spiro atoms. The topological polar surface area (TPSA) is 37.5 Å². The zero-order chi connectivity index (χ0) is 13.2. The van der Waals surface area contributed by atoms with E-state index in [4.69, 9.17) is 4.42 Å². The van der Waals surface area contributed by atoms with Crippen LogP contribution in [0.15, 0.2) is 45.9 Å². The highest BCUT2D eigenvalue weighted by molar-refractivity contribution is 5.76. The van der Waals surface area contributed by atoms with Gasteiger partial charge in [-0.15, -0.1) is 0 Å². The lowest BCUT2D eigenvalue weighted by Crippen LogP contribution is -1.91. The van der Waals surface area contributed by atoms with E-state index in [0.29, 0.717) is 5.92 Å². The maximum Gasteiger partial charge on any atom is 0.147 e. The van der Waals surface area contributed by atoms with Crippen molar-refractivity contribution in [1.82, 2.24) is 0 Å². The fourth-order valence-corrected chi connectivity index (χ4v) is 2.22. The highest BCUT2D eigenvalue weighted by Gasteiger charge is 2.36. The van der Waals surface area contributed by atoms with E-state index < -0.39 is 0 Å². The molecule has 3 heteroatoms. The van der Waals surface area contributed by atoms with Crippen molar-refractivity contribution >= 4 is 11.9 Å². The third-order valence-corrected chi connectivity index (χ3v) is 3.64. The zero-order valence-corrected chi connectivity index (χ0v) is 11.3. The van der Waals surface area contributed by atoms with Crippen molar-refractivity contribution in [1.29, 1.82) is 0 Å². The maximum atomic E-state index is 5.76. The van der Waals surface area contributed by atoms with E-state index in [2.05, 4.69) is 36.5 Å². The molecular formula is C16H18N2O. The summed E-state index contributed by atoms with van der Waals surface area (Å²) in [5.74, 6) is 3.27. The number of para-hydroxylation sites is 1. The van der Waals surface area contributed by atoms with E-state index in [1.807, 2.05) is 24.3 Å². The number of rotatable bonds is 4. The standard InChI is InChI=1S/C16H18N2O/c1-11-5-3-4-6-15(11)18-17-10-13-7-8-16(19-13)14-9-12(14)2/h3-8,10,12,14,18H,9H2,1-2H3/b17-10-/t12-,14-/m0/s1. The van der Waals surface area contributed by atoms with Crippen LogP contribution in [0, 0.1) is 12.8 Å². The molecule has 1 aromatic heterocycles. The predicted octanol–water partition coefficient (Wildman–Crippen LogP) is 4.16. The molecule has 0 radical (unpaired) electrons. The average molecular weight is 254 g/mol. The van der Waals surface area contributed by atoms with Crippen molar-refractivity contribution in [3.05, 3.63) is 53.5 Å². The highest BCUT2D eigenvalue weighted by Crippen LogP contribution is 2.47. The van der Waals surface area contributed by atoms with Gasteiger partial charge in [0, 0.05) is 5.92 Å². The van der Waals surface area contributed by atoms with Crippen LogP contribution in [-0.4, -0.2) is 6.21 Å². The van der Waals surface area contributed by atoms with Gasteiger partial charge < -0.3 is 4.42 Å². The zero-order valence-electron chi connectivity index (χ0n) is 11.3. The molecule has 3 nitrogen and oxygen atoms in total. The van der Waals surface area contributed by atoms with Crippen molar-refractivity contribution in [3.8, 4) is 0 Å². The second-order valence-corrected chi connectivity index (χ2v) is 5.24. The minimum atomic E-state index is 0.617. The molecule has 19 heavy (non-hydrogen) atoms. The van der Waals surface area contributed by atoms with E-state index in [1.165, 1.54) is 12.0 Å². The van der Waals surface area contributed by atoms with Crippen LogP contribution in [0.5, 0.6) is 0 Å². The Hall–Kier alpha value is -2.03. The van der Waals surface area contributed by atoms with Crippen LogP contribution in [0.3, 0.4) is 0 Å². The van der Waals surface area contributed by atoms with Crippen LogP contribution in [-0.2, 0) is 0 Å². The molecular weight excluding hydrogens is 236 g/mol. The van der Waals surface area contributed by atoms with Crippen molar-refractivity contribution in [3.63, 3.8) is 0 Å². The molecule has 2 aromatic rings. The van der Waals surface area contributed by atoms with Crippen LogP contribution in [0.1, 0.15) is 36.3 Å². The Bertz CT molecular complexity index is 600. The van der Waals surface area contributed by atoms with Gasteiger partial charge in [-0.3, -0.25) is 5.43 Å². The molecule has 0 aliphatic heterocycles. The second-order valence-electron chi connectivity index (χ2n) is 5.24. The number of anilines is 1. The number of furan rings is 1. The van der Waals surface area contributed by atoms with E-state index in [1.54, 1.807) is 6.21 Å². The van der Waals surface area contributed by atoms with E-state index in [0.717, 1.165) is 23.1 Å². The quantitative estimate of drug-likeness (QED) is 0.657. The summed E-state index contributed by atoms with van der Waals surface area (Å²) in [5, 5.41) is 4.22. The molecule has 1 heterocycles. The molecule has 98 valence electrons. The lowest BCUT2D eigenvalue weighted by Gasteiger charge is -2.02. The second kappa shape index (κ2) is 4.92. The maximum absolute atomic E-state index is 5.76. The van der Waals surface area contributed by atoms with Gasteiger partial charge in [-0.2, -0.15) is 5.10 Å². The lowest BCUT2D eigenvalue weighted by molar-refractivity contribution is 0.500. The summed E-state index contributed by atoms with van der Waals surface area (Å²) in [6.45, 7) is 4.30. The summed E-state index contributed by atoms with van der Waals surface area (Å²) in [7, 11) is 0. The van der Waals surface area contributed by atoms with Crippen LogP contribution in [0.2, 0.25) is 0 Å². The number of nitrogens with zero attached hydrogens (tertiary/aromatic N) is 1. The summed E-state index contributed by atoms with van der Waals surface area (Å²) in [4.78, 5) is 0. The molecule has 3 rings (SSSR count). The Morgan fingerprint density at radius 1 is 1.26 bits per heavy atom. The first kappa shape index (κ1) is 12.0. The van der Waals surface area contributed by atoms with Gasteiger partial charge in [0.2, 0.25) is 0 Å². The average Bonchev–Trinajstić information content (AvgIpc) is 2.96. The molecule has 0 amide bonds. The third-order valence-electron chi connectivity index (χ3n) is 3.64. The molecule has 1 N–H and O–H groups in total. The van der Waals surface area contributed by atoms with Gasteiger partial charge in [-0.1, -0.05) is 25.1 Å². The summed E-state index contributed by atoms with van der Waals surface area (Å²) in [6.07, 6.45) is 2.97. The first-order chi connectivity index (χ1) is 9.24. The van der Waals surface area contributed by atoms with Gasteiger partial charge in [0.1, 0.15) is 11.5 Å². The SMILES string of the molecule is Cc1ccccc1N/N=C\c1ccc([C@H]2C[C@@H]2C)o1. The van der Waals surface area contributed by atoms with Crippen LogP contribution < -0.4 is 5.43 Å². The minimum absolute atomic E-state index is 0.617. The Morgan fingerprint density at radius 2 is 2.05 bits per heavy atom. The van der Waals surface area contributed by atoms with E-state index >= 15 is 0 Å². The molecule has 2 atom stereocenters. The van der Waals surface area contributed by atoms with Crippen molar-refractivity contribution in [2.75, 3.05) is 5.43 Å². The molecule has 0 unspecified atom stereocenters. The summed E-state index contributed by atoms with van der Waals surface area (Å²) >= 11 is 0. The number of hydrazone groups is 1. The van der Waals surface area contributed by atoms with E-state index in [9.17, 15) is 0 Å². The number of benzene rings is 1. The number of nitrogens with one attached hydrogen (secondary N) is 1. The monoisotopic (exact) mass is 254 g/mol. The third kappa shape index (κ3) is 2.70. The largest absolute Gasteiger partial charge is 0.460 e.